The number of aryl methyl sites for hydroxylation is 3. The second kappa shape index (κ2) is 8.23. The molecular weight excluding hydrogens is 362 g/mol. The molecule has 152 valence electrons. The number of aromatic nitrogens is 3. The van der Waals surface area contributed by atoms with E-state index >= 15 is 0 Å². The van der Waals surface area contributed by atoms with E-state index in [1.165, 1.54) is 16.8 Å². The van der Waals surface area contributed by atoms with Crippen LogP contribution in [0.25, 0.3) is 5.65 Å². The molecular formula is C23H29N5O. The number of amides is 1. The molecule has 0 aliphatic carbocycles. The molecule has 3 aromatic rings. The van der Waals surface area contributed by atoms with E-state index in [1.807, 2.05) is 35.6 Å². The molecule has 1 aliphatic heterocycles. The van der Waals surface area contributed by atoms with Crippen LogP contribution in [0.4, 0.5) is 5.82 Å². The van der Waals surface area contributed by atoms with Gasteiger partial charge in [0.05, 0.1) is 0 Å². The number of piperazine rings is 1. The van der Waals surface area contributed by atoms with E-state index in [4.69, 9.17) is 0 Å². The monoisotopic (exact) mass is 391 g/mol. The van der Waals surface area contributed by atoms with Gasteiger partial charge in [-0.1, -0.05) is 12.1 Å². The number of fused-ring (bicyclic) bond motifs is 1. The molecule has 0 bridgehead atoms. The third kappa shape index (κ3) is 4.11. The summed E-state index contributed by atoms with van der Waals surface area (Å²) in [6.07, 6.45) is 8.02. The average Bonchev–Trinajstić information content (AvgIpc) is 3.17. The first kappa shape index (κ1) is 19.4. The van der Waals surface area contributed by atoms with E-state index in [9.17, 15) is 4.79 Å². The van der Waals surface area contributed by atoms with Crippen molar-refractivity contribution in [2.75, 3.05) is 24.5 Å². The summed E-state index contributed by atoms with van der Waals surface area (Å²) >= 11 is 0. The summed E-state index contributed by atoms with van der Waals surface area (Å²) in [7, 11) is 0. The Kier molecular flexibility index (Phi) is 5.51. The summed E-state index contributed by atoms with van der Waals surface area (Å²) in [6, 6.07) is 8.50. The molecule has 1 aliphatic rings. The lowest BCUT2D eigenvalue weighted by molar-refractivity contribution is -0.133. The first-order chi connectivity index (χ1) is 14.0. The Morgan fingerprint density at radius 2 is 2.07 bits per heavy atom. The Morgan fingerprint density at radius 3 is 2.86 bits per heavy atom. The molecule has 1 saturated heterocycles. The third-order valence-electron chi connectivity index (χ3n) is 5.77. The molecule has 1 atom stereocenters. The zero-order valence-corrected chi connectivity index (χ0v) is 17.5. The van der Waals surface area contributed by atoms with Crippen LogP contribution in [-0.2, 0) is 11.2 Å². The molecule has 4 rings (SSSR count). The third-order valence-corrected chi connectivity index (χ3v) is 5.77. The van der Waals surface area contributed by atoms with Crippen LogP contribution in [0, 0.1) is 13.8 Å². The zero-order chi connectivity index (χ0) is 20.4. The van der Waals surface area contributed by atoms with E-state index in [0.29, 0.717) is 6.42 Å². The van der Waals surface area contributed by atoms with E-state index in [0.717, 1.165) is 43.9 Å². The van der Waals surface area contributed by atoms with Gasteiger partial charge in [-0.05, 0) is 56.9 Å². The number of rotatable bonds is 5. The van der Waals surface area contributed by atoms with Crippen LogP contribution in [0.2, 0.25) is 0 Å². The van der Waals surface area contributed by atoms with Gasteiger partial charge in [-0.25, -0.2) is 9.97 Å². The predicted molar refractivity (Wildman–Crippen MR) is 115 cm³/mol. The largest absolute Gasteiger partial charge is 0.353 e. The summed E-state index contributed by atoms with van der Waals surface area (Å²) in [6.45, 7) is 8.73. The lowest BCUT2D eigenvalue weighted by Crippen LogP contribution is -2.54. The van der Waals surface area contributed by atoms with Crippen molar-refractivity contribution in [2.45, 2.75) is 46.1 Å². The van der Waals surface area contributed by atoms with Crippen molar-refractivity contribution in [1.82, 2.24) is 19.3 Å². The number of carbonyl (C=O) groups is 1. The molecule has 6 heteroatoms. The van der Waals surface area contributed by atoms with Gasteiger partial charge < -0.3 is 14.2 Å². The highest BCUT2D eigenvalue weighted by Gasteiger charge is 2.28. The molecule has 0 radical (unpaired) electrons. The summed E-state index contributed by atoms with van der Waals surface area (Å²) < 4.78 is 2.10. The van der Waals surface area contributed by atoms with Crippen molar-refractivity contribution in [3.63, 3.8) is 0 Å². The molecule has 4 heterocycles. The minimum absolute atomic E-state index is 0.191. The minimum atomic E-state index is 0.191. The summed E-state index contributed by atoms with van der Waals surface area (Å²) in [5.74, 6) is 1.30. The number of hydrogen-bond donors (Lipinski definition) is 0. The molecule has 6 nitrogen and oxygen atoms in total. The first-order valence-corrected chi connectivity index (χ1v) is 10.4. The van der Waals surface area contributed by atoms with Gasteiger partial charge in [-0.15, -0.1) is 0 Å². The van der Waals surface area contributed by atoms with Crippen molar-refractivity contribution >= 4 is 17.4 Å². The molecule has 3 aromatic heterocycles. The van der Waals surface area contributed by atoms with Gasteiger partial charge in [0.25, 0.3) is 0 Å². The molecule has 0 N–H and O–H groups in total. The van der Waals surface area contributed by atoms with E-state index in [-0.39, 0.29) is 11.9 Å². The second-order valence-electron chi connectivity index (χ2n) is 8.06. The highest BCUT2D eigenvalue weighted by atomic mass is 16.2. The highest BCUT2D eigenvalue weighted by Crippen LogP contribution is 2.22. The van der Waals surface area contributed by atoms with Crippen LogP contribution in [0.5, 0.6) is 0 Å². The maximum Gasteiger partial charge on any atom is 0.222 e. The first-order valence-electron chi connectivity index (χ1n) is 10.4. The minimum Gasteiger partial charge on any atom is -0.353 e. The van der Waals surface area contributed by atoms with Crippen molar-refractivity contribution in [2.24, 2.45) is 0 Å². The van der Waals surface area contributed by atoms with Crippen LogP contribution < -0.4 is 4.90 Å². The van der Waals surface area contributed by atoms with Crippen LogP contribution in [0.15, 0.2) is 42.9 Å². The van der Waals surface area contributed by atoms with Crippen LogP contribution in [0.3, 0.4) is 0 Å². The van der Waals surface area contributed by atoms with Crippen LogP contribution >= 0.6 is 0 Å². The molecule has 0 spiro atoms. The van der Waals surface area contributed by atoms with Gasteiger partial charge in [0.1, 0.15) is 11.5 Å². The van der Waals surface area contributed by atoms with E-state index < -0.39 is 0 Å². The SMILES string of the molecule is Cc1cnc(N2CCN(C(=O)CCCc3cccc4nccn34)[C@@H](C)C2)c(C)c1. The summed E-state index contributed by atoms with van der Waals surface area (Å²) in [4.78, 5) is 26.1. The number of imidazole rings is 1. The van der Waals surface area contributed by atoms with Gasteiger partial charge in [0, 0.05) is 56.4 Å². The summed E-state index contributed by atoms with van der Waals surface area (Å²) in [5.41, 5.74) is 4.54. The molecule has 29 heavy (non-hydrogen) atoms. The van der Waals surface area contributed by atoms with Crippen LogP contribution in [0.1, 0.15) is 36.6 Å². The summed E-state index contributed by atoms with van der Waals surface area (Å²) in [5, 5.41) is 0. The number of hydrogen-bond acceptors (Lipinski definition) is 4. The molecule has 1 fully saturated rings. The number of carbonyl (C=O) groups excluding carboxylic acids is 1. The number of anilines is 1. The van der Waals surface area contributed by atoms with Crippen LogP contribution in [-0.4, -0.2) is 50.9 Å². The lowest BCUT2D eigenvalue weighted by Gasteiger charge is -2.41. The molecule has 1 amide bonds. The normalized spacial score (nSPS) is 17.1. The van der Waals surface area contributed by atoms with Gasteiger partial charge in [0.15, 0.2) is 0 Å². The Balaban J connectivity index is 1.32. The van der Waals surface area contributed by atoms with Crippen molar-refractivity contribution in [1.29, 1.82) is 0 Å². The standard InChI is InChI=1S/C23H29N5O/c1-17-14-18(2)23(25-15-17)26-12-13-27(19(3)16-26)22(29)9-5-7-20-6-4-8-21-24-10-11-28(20)21/h4,6,8,10-11,14-15,19H,5,7,9,12-13,16H2,1-3H3/t19-/m0/s1. The topological polar surface area (TPSA) is 53.7 Å². The fourth-order valence-corrected chi connectivity index (χ4v) is 4.33. The van der Waals surface area contributed by atoms with Crippen molar-refractivity contribution in [3.8, 4) is 0 Å². The Morgan fingerprint density at radius 1 is 1.21 bits per heavy atom. The van der Waals surface area contributed by atoms with Crippen molar-refractivity contribution in [3.05, 3.63) is 59.7 Å². The Bertz CT molecular complexity index is 1010. The van der Waals surface area contributed by atoms with E-state index in [1.54, 1.807) is 0 Å². The maximum atomic E-state index is 12.8. The predicted octanol–water partition coefficient (Wildman–Crippen LogP) is 3.41. The van der Waals surface area contributed by atoms with Gasteiger partial charge in [-0.3, -0.25) is 4.79 Å². The quantitative estimate of drug-likeness (QED) is 0.669. The zero-order valence-electron chi connectivity index (χ0n) is 17.5. The highest BCUT2D eigenvalue weighted by molar-refractivity contribution is 5.77. The molecule has 0 unspecified atom stereocenters. The molecule has 0 aromatic carbocycles. The number of pyridine rings is 2. The lowest BCUT2D eigenvalue weighted by atomic mass is 10.1. The fourth-order valence-electron chi connectivity index (χ4n) is 4.33. The van der Waals surface area contributed by atoms with Gasteiger partial charge in [-0.2, -0.15) is 0 Å². The average molecular weight is 392 g/mol. The number of nitrogens with zero attached hydrogens (tertiary/aromatic N) is 5. The Hall–Kier alpha value is -2.89. The maximum absolute atomic E-state index is 12.8. The second-order valence-corrected chi connectivity index (χ2v) is 8.06. The fraction of sp³-hybridized carbons (Fsp3) is 0.435. The van der Waals surface area contributed by atoms with Crippen molar-refractivity contribution < 1.29 is 4.79 Å². The van der Waals surface area contributed by atoms with E-state index in [2.05, 4.69) is 52.2 Å². The smallest absolute Gasteiger partial charge is 0.222 e. The van der Waals surface area contributed by atoms with Gasteiger partial charge >= 0.3 is 0 Å². The Labute approximate surface area is 172 Å². The van der Waals surface area contributed by atoms with Gasteiger partial charge in [0.2, 0.25) is 5.91 Å². The molecule has 0 saturated carbocycles.